The van der Waals surface area contributed by atoms with Gasteiger partial charge >= 0.3 is 0 Å². The van der Waals surface area contributed by atoms with Crippen molar-refractivity contribution in [2.24, 2.45) is 0 Å². The summed E-state index contributed by atoms with van der Waals surface area (Å²) in [4.78, 5) is 16.6. The third-order valence-corrected chi connectivity index (χ3v) is 4.53. The number of fused-ring (bicyclic) bond motifs is 1. The molecule has 3 heterocycles. The van der Waals surface area contributed by atoms with Crippen molar-refractivity contribution in [2.45, 2.75) is 19.9 Å². The number of aromatic nitrogens is 4. The first-order valence-electron chi connectivity index (χ1n) is 8.50. The lowest BCUT2D eigenvalue weighted by molar-refractivity contribution is 0.626. The maximum absolute atomic E-state index is 13.1. The maximum Gasteiger partial charge on any atom is 0.163 e. The van der Waals surface area contributed by atoms with Gasteiger partial charge in [-0.1, -0.05) is 23.7 Å². The number of aromatic amines is 1. The van der Waals surface area contributed by atoms with Gasteiger partial charge in [0.25, 0.3) is 0 Å². The second-order valence-corrected chi connectivity index (χ2v) is 6.82. The van der Waals surface area contributed by atoms with Crippen LogP contribution in [0.3, 0.4) is 0 Å². The second kappa shape index (κ2) is 6.96. The van der Waals surface area contributed by atoms with Crippen molar-refractivity contribution >= 4 is 28.5 Å². The largest absolute Gasteiger partial charge is 0.363 e. The van der Waals surface area contributed by atoms with Crippen LogP contribution in [0.5, 0.6) is 0 Å². The Labute approximate surface area is 163 Å². The van der Waals surface area contributed by atoms with Gasteiger partial charge in [0.15, 0.2) is 5.82 Å². The fourth-order valence-electron chi connectivity index (χ4n) is 2.98. The van der Waals surface area contributed by atoms with E-state index in [1.165, 1.54) is 12.1 Å². The highest BCUT2D eigenvalue weighted by Gasteiger charge is 2.13. The van der Waals surface area contributed by atoms with Crippen molar-refractivity contribution < 1.29 is 7.24 Å². The molecular formula is C20H21ClFN5. The van der Waals surface area contributed by atoms with E-state index < -0.39 is 0 Å². The number of nitrogens with one attached hydrogen (secondary N) is 2. The molecule has 2 N–H and O–H groups in total. The van der Waals surface area contributed by atoms with Gasteiger partial charge in [-0.2, -0.15) is 0 Å². The van der Waals surface area contributed by atoms with E-state index in [0.29, 0.717) is 16.7 Å². The van der Waals surface area contributed by atoms with Gasteiger partial charge in [0.2, 0.25) is 0 Å². The Morgan fingerprint density at radius 1 is 1.19 bits per heavy atom. The lowest BCUT2D eigenvalue weighted by Gasteiger charge is -2.16. The first kappa shape index (κ1) is 17.4. The van der Waals surface area contributed by atoms with Crippen molar-refractivity contribution in [2.75, 3.05) is 5.32 Å². The van der Waals surface area contributed by atoms with E-state index in [-0.39, 0.29) is 14.7 Å². The van der Waals surface area contributed by atoms with E-state index in [1.807, 2.05) is 32.2 Å². The molecule has 3 aromatic heterocycles. The average Bonchev–Trinajstić information content (AvgIpc) is 3.04. The summed E-state index contributed by atoms with van der Waals surface area (Å²) in [6.07, 6.45) is 3.43. The zero-order valence-electron chi connectivity index (χ0n) is 14.8. The number of rotatable bonds is 4. The molecule has 27 heavy (non-hydrogen) atoms. The van der Waals surface area contributed by atoms with Crippen LogP contribution in [0, 0.1) is 12.7 Å². The summed E-state index contributed by atoms with van der Waals surface area (Å²) >= 11 is 6.09. The Morgan fingerprint density at radius 3 is 2.74 bits per heavy atom. The molecule has 0 spiro atoms. The molecule has 1 aromatic carbocycles. The van der Waals surface area contributed by atoms with Crippen LogP contribution in [0.15, 0.2) is 48.8 Å². The lowest BCUT2D eigenvalue weighted by atomic mass is 10.1. The van der Waals surface area contributed by atoms with Crippen molar-refractivity contribution in [3.63, 3.8) is 0 Å². The number of H-pyrrole nitrogens is 1. The molecule has 0 aliphatic heterocycles. The third-order valence-electron chi connectivity index (χ3n) is 4.33. The Hall–Kier alpha value is -2.99. The van der Waals surface area contributed by atoms with Crippen molar-refractivity contribution in [3.8, 4) is 11.4 Å². The highest BCUT2D eigenvalue weighted by molar-refractivity contribution is 6.31. The first-order chi connectivity index (χ1) is 13.0. The monoisotopic (exact) mass is 385 g/mol. The molecule has 0 radical (unpaired) electrons. The molecule has 4 rings (SSSR count). The van der Waals surface area contributed by atoms with Crippen LogP contribution in [0.1, 0.15) is 27.1 Å². The molecule has 1 atom stereocenters. The van der Waals surface area contributed by atoms with Gasteiger partial charge in [0.05, 0.1) is 5.02 Å². The zero-order valence-corrected chi connectivity index (χ0v) is 15.5. The fraction of sp³-hybridized carbons (Fsp3) is 0.150. The summed E-state index contributed by atoms with van der Waals surface area (Å²) < 4.78 is 13.1. The molecule has 0 aliphatic rings. The average molecular weight is 386 g/mol. The van der Waals surface area contributed by atoms with E-state index >= 15 is 0 Å². The van der Waals surface area contributed by atoms with E-state index in [9.17, 15) is 4.39 Å². The van der Waals surface area contributed by atoms with Crippen molar-refractivity contribution in [1.82, 2.24) is 19.9 Å². The normalized spacial score (nSPS) is 12.3. The molecule has 0 bridgehead atoms. The van der Waals surface area contributed by atoms with Crippen LogP contribution in [0.2, 0.25) is 5.02 Å². The summed E-state index contributed by atoms with van der Waals surface area (Å²) in [6, 6.07) is 10.1. The highest BCUT2D eigenvalue weighted by atomic mass is 35.5. The topological polar surface area (TPSA) is 66.5 Å². The van der Waals surface area contributed by atoms with Gasteiger partial charge in [-0.25, -0.2) is 19.3 Å². The van der Waals surface area contributed by atoms with Crippen LogP contribution in [0.25, 0.3) is 22.4 Å². The number of pyridine rings is 1. The van der Waals surface area contributed by atoms with Gasteiger partial charge in [0.1, 0.15) is 17.3 Å². The van der Waals surface area contributed by atoms with Gasteiger partial charge < -0.3 is 10.3 Å². The Morgan fingerprint density at radius 2 is 1.96 bits per heavy atom. The first-order valence-corrected chi connectivity index (χ1v) is 8.88. The molecule has 5 nitrogen and oxygen atoms in total. The Bertz CT molecular complexity index is 1120. The highest BCUT2D eigenvalue weighted by Crippen LogP contribution is 2.28. The fourth-order valence-corrected chi connectivity index (χ4v) is 3.14. The van der Waals surface area contributed by atoms with Crippen LogP contribution >= 0.6 is 11.6 Å². The molecule has 0 aliphatic carbocycles. The molecule has 0 saturated carbocycles. The number of hydrogen-bond donors (Lipinski definition) is 2. The van der Waals surface area contributed by atoms with Crippen LogP contribution in [-0.2, 0) is 0 Å². The van der Waals surface area contributed by atoms with E-state index in [1.54, 1.807) is 18.3 Å². The van der Waals surface area contributed by atoms with Crippen LogP contribution < -0.4 is 5.32 Å². The summed E-state index contributed by atoms with van der Waals surface area (Å²) in [7, 11) is 0. The SMILES string of the molecule is Cc1cc(N[C@@H](C)c2ccc(F)cc2)nc(-c2c[nH]c3ncc(Cl)cc23)n1.[HH].[HH]. The number of aryl methyl sites for hydroxylation is 1. The molecule has 0 saturated heterocycles. The predicted octanol–water partition coefficient (Wildman–Crippen LogP) is 5.79. The van der Waals surface area contributed by atoms with Gasteiger partial charge in [-0.3, -0.25) is 0 Å². The quantitative estimate of drug-likeness (QED) is 0.467. The van der Waals surface area contributed by atoms with Crippen molar-refractivity contribution in [3.05, 3.63) is 70.9 Å². The predicted molar refractivity (Wildman–Crippen MR) is 110 cm³/mol. The maximum atomic E-state index is 13.1. The standard InChI is InChI=1S/C20H17ClFN5.2H2/c1-11-7-18(26-12(2)13-3-5-15(22)6-4-13)27-20(25-11)17-10-24-19-16(17)8-14(21)9-23-19;;/h3-10,12H,1-2H3,(H,23,24)(H,25,26,27);2*1H/t12-;;/m0../s1. The minimum Gasteiger partial charge on any atom is -0.363 e. The second-order valence-electron chi connectivity index (χ2n) is 6.39. The molecule has 0 fully saturated rings. The molecule has 0 amide bonds. The molecule has 140 valence electrons. The number of hydrogen-bond acceptors (Lipinski definition) is 4. The summed E-state index contributed by atoms with van der Waals surface area (Å²) in [5, 5.41) is 4.78. The van der Waals surface area contributed by atoms with Gasteiger partial charge in [0, 0.05) is 44.0 Å². The molecule has 0 unspecified atom stereocenters. The van der Waals surface area contributed by atoms with E-state index in [2.05, 4.69) is 25.3 Å². The lowest BCUT2D eigenvalue weighted by Crippen LogP contribution is -2.09. The van der Waals surface area contributed by atoms with Gasteiger partial charge in [-0.05, 0) is 37.6 Å². The third kappa shape index (κ3) is 3.61. The van der Waals surface area contributed by atoms with E-state index in [0.717, 1.165) is 27.9 Å². The number of halogens is 2. The van der Waals surface area contributed by atoms with Gasteiger partial charge in [-0.15, -0.1) is 0 Å². The Kier molecular flexibility index (Phi) is 4.49. The smallest absolute Gasteiger partial charge is 0.163 e. The summed E-state index contributed by atoms with van der Waals surface area (Å²) in [5.74, 6) is 1.02. The van der Waals surface area contributed by atoms with Crippen LogP contribution in [0.4, 0.5) is 10.2 Å². The molecule has 7 heteroatoms. The number of nitrogens with zero attached hydrogens (tertiary/aromatic N) is 3. The summed E-state index contributed by atoms with van der Waals surface area (Å²) in [5.41, 5.74) is 3.37. The minimum absolute atomic E-state index is 0. The van der Waals surface area contributed by atoms with Crippen LogP contribution in [-0.4, -0.2) is 19.9 Å². The zero-order chi connectivity index (χ0) is 19.0. The van der Waals surface area contributed by atoms with E-state index in [4.69, 9.17) is 11.6 Å². The Balaban J connectivity index is 0.00000150. The number of benzene rings is 1. The summed E-state index contributed by atoms with van der Waals surface area (Å²) in [6.45, 7) is 3.92. The number of anilines is 1. The molecular weight excluding hydrogens is 365 g/mol. The van der Waals surface area contributed by atoms with Crippen molar-refractivity contribution in [1.29, 1.82) is 0 Å². The minimum atomic E-state index is -0.252. The molecule has 4 aromatic rings.